The van der Waals surface area contributed by atoms with Crippen molar-refractivity contribution in [3.8, 4) is 17.2 Å². The first-order valence-corrected chi connectivity index (χ1v) is 10.1. The van der Waals surface area contributed by atoms with E-state index in [9.17, 15) is 0 Å². The lowest BCUT2D eigenvalue weighted by Crippen LogP contribution is -2.28. The Morgan fingerprint density at radius 2 is 1.79 bits per heavy atom. The number of hydrogen-bond donors (Lipinski definition) is 0. The topological polar surface area (TPSA) is 64.6 Å². The molecule has 4 aliphatic heterocycles. The highest BCUT2D eigenvalue weighted by atomic mass is 16.7. The monoisotopic (exact) mass is 400 g/mol. The molecule has 5 aliphatic rings. The van der Waals surface area contributed by atoms with E-state index in [0.29, 0.717) is 41.3 Å². The van der Waals surface area contributed by atoms with Gasteiger partial charge >= 0.3 is 0 Å². The maximum absolute atomic E-state index is 6.66. The number of rotatable bonds is 2. The van der Waals surface area contributed by atoms with Gasteiger partial charge in [-0.3, -0.25) is 0 Å². The van der Waals surface area contributed by atoms with Crippen LogP contribution in [0.4, 0.5) is 0 Å². The van der Waals surface area contributed by atoms with Crippen molar-refractivity contribution in [3.63, 3.8) is 0 Å². The normalized spacial score (nSPS) is 33.7. The van der Waals surface area contributed by atoms with E-state index in [-0.39, 0.29) is 31.9 Å². The molecule has 2 fully saturated rings. The van der Waals surface area contributed by atoms with Crippen molar-refractivity contribution in [2.45, 2.75) is 38.6 Å². The smallest absolute Gasteiger partial charge is 0.231 e. The van der Waals surface area contributed by atoms with Crippen LogP contribution in [0, 0.1) is 11.8 Å². The molecule has 0 amide bonds. The summed E-state index contributed by atoms with van der Waals surface area (Å²) in [5.41, 5.74) is 4.17. The third kappa shape index (κ3) is 2.15. The quantitative estimate of drug-likeness (QED) is 0.752. The third-order valence-corrected chi connectivity index (χ3v) is 6.99. The Labute approximate surface area is 169 Å². The summed E-state index contributed by atoms with van der Waals surface area (Å²) >= 11 is 0. The van der Waals surface area contributed by atoms with Crippen molar-refractivity contribution in [2.75, 3.05) is 27.8 Å². The van der Waals surface area contributed by atoms with E-state index in [1.54, 1.807) is 14.2 Å². The van der Waals surface area contributed by atoms with Gasteiger partial charge in [-0.2, -0.15) is 0 Å². The van der Waals surface area contributed by atoms with Crippen molar-refractivity contribution in [3.05, 3.63) is 34.3 Å². The van der Waals surface area contributed by atoms with Gasteiger partial charge in [-0.1, -0.05) is 13.8 Å². The molecule has 6 rings (SSSR count). The van der Waals surface area contributed by atoms with Crippen LogP contribution >= 0.6 is 0 Å². The molecule has 154 valence electrons. The van der Waals surface area contributed by atoms with E-state index >= 15 is 0 Å². The van der Waals surface area contributed by atoms with Crippen LogP contribution < -0.4 is 14.2 Å². The first kappa shape index (κ1) is 17.5. The minimum absolute atomic E-state index is 0.0188. The van der Waals surface area contributed by atoms with Crippen molar-refractivity contribution in [1.82, 2.24) is 0 Å². The van der Waals surface area contributed by atoms with Crippen LogP contribution in [-0.2, 0) is 18.9 Å². The molecule has 0 radical (unpaired) electrons. The molecule has 2 bridgehead atoms. The highest BCUT2D eigenvalue weighted by molar-refractivity contribution is 5.90. The fourth-order valence-electron chi connectivity index (χ4n) is 5.44. The van der Waals surface area contributed by atoms with Crippen LogP contribution in [0.2, 0.25) is 0 Å². The Kier molecular flexibility index (Phi) is 3.65. The summed E-state index contributed by atoms with van der Waals surface area (Å²) in [6.07, 6.45) is 0.483. The van der Waals surface area contributed by atoms with Gasteiger partial charge in [0.15, 0.2) is 29.8 Å². The summed E-state index contributed by atoms with van der Waals surface area (Å²) in [7, 11) is 3.33. The molecule has 0 N–H and O–H groups in total. The lowest BCUT2D eigenvalue weighted by atomic mass is 9.74. The van der Waals surface area contributed by atoms with E-state index in [1.807, 2.05) is 6.07 Å². The van der Waals surface area contributed by atoms with Crippen LogP contribution in [0.5, 0.6) is 17.2 Å². The molecule has 29 heavy (non-hydrogen) atoms. The molecule has 2 saturated heterocycles. The van der Waals surface area contributed by atoms with Crippen LogP contribution in [0.1, 0.15) is 37.5 Å². The number of allylic oxidation sites excluding steroid dienone is 1. The molecule has 5 unspecified atom stereocenters. The van der Waals surface area contributed by atoms with Gasteiger partial charge in [-0.25, -0.2) is 0 Å². The van der Waals surface area contributed by atoms with Crippen LogP contribution in [0.25, 0.3) is 5.57 Å². The van der Waals surface area contributed by atoms with Gasteiger partial charge < -0.3 is 33.2 Å². The summed E-state index contributed by atoms with van der Waals surface area (Å²) in [5.74, 6) is 4.12. The molecule has 5 atom stereocenters. The van der Waals surface area contributed by atoms with E-state index < -0.39 is 0 Å². The summed E-state index contributed by atoms with van der Waals surface area (Å²) in [4.78, 5) is 0. The zero-order valence-corrected chi connectivity index (χ0v) is 16.9. The molecule has 1 aliphatic carbocycles. The second kappa shape index (κ2) is 6.06. The molecular weight excluding hydrogens is 376 g/mol. The molecule has 0 aromatic heterocycles. The number of ether oxygens (including phenoxy) is 7. The number of methoxy groups -OCH3 is 2. The highest BCUT2D eigenvalue weighted by Gasteiger charge is 2.51. The minimum atomic E-state index is -0.143. The lowest BCUT2D eigenvalue weighted by molar-refractivity contribution is 0.0348. The van der Waals surface area contributed by atoms with E-state index in [4.69, 9.17) is 33.2 Å². The zero-order valence-electron chi connectivity index (χ0n) is 16.9. The predicted octanol–water partition coefficient (Wildman–Crippen LogP) is 3.54. The molecule has 0 spiro atoms. The van der Waals surface area contributed by atoms with Gasteiger partial charge in [0, 0.05) is 17.6 Å². The average molecular weight is 400 g/mol. The van der Waals surface area contributed by atoms with Gasteiger partial charge in [0.1, 0.15) is 6.10 Å². The first-order chi connectivity index (χ1) is 14.1. The summed E-state index contributed by atoms with van der Waals surface area (Å²) < 4.78 is 41.6. The number of benzene rings is 1. The standard InChI is InChI=1S/C22H24O7/c1-9-10(2)18-12-6-14-20(28-8-26-14)22(24-4)16(12)15-11(17(9)29-18)5-13-19(21(15)23-3)27-7-25-13/h5,9-10,14,17-18H,6-8H2,1-4H3. The molecule has 0 saturated carbocycles. The van der Waals surface area contributed by atoms with Crippen molar-refractivity contribution >= 4 is 5.57 Å². The van der Waals surface area contributed by atoms with E-state index in [1.165, 1.54) is 5.57 Å². The number of hydrogen-bond acceptors (Lipinski definition) is 7. The molecule has 4 heterocycles. The molecule has 7 heteroatoms. The van der Waals surface area contributed by atoms with Gasteiger partial charge in [0.05, 0.1) is 26.4 Å². The van der Waals surface area contributed by atoms with Crippen LogP contribution in [-0.4, -0.2) is 40.0 Å². The molecular formula is C22H24O7. The fraction of sp³-hybridized carbons (Fsp3) is 0.545. The Hall–Kier alpha value is -2.38. The number of fused-ring (bicyclic) bond motifs is 8. The second-order valence-electron chi connectivity index (χ2n) is 8.22. The molecule has 1 aromatic rings. The SMILES string of the molecule is COC1=C2OCOC2CC2=C1c1c(cc3c(c1OC)OCO3)C1OC2C(C)C1C. The summed E-state index contributed by atoms with van der Waals surface area (Å²) in [5, 5.41) is 0. The lowest BCUT2D eigenvalue weighted by Gasteiger charge is -2.31. The van der Waals surface area contributed by atoms with E-state index in [0.717, 1.165) is 22.5 Å². The maximum atomic E-state index is 6.66. The van der Waals surface area contributed by atoms with E-state index in [2.05, 4.69) is 13.8 Å². The first-order valence-electron chi connectivity index (χ1n) is 10.1. The molecule has 7 nitrogen and oxygen atoms in total. The maximum Gasteiger partial charge on any atom is 0.231 e. The zero-order chi connectivity index (χ0) is 19.9. The second-order valence-corrected chi connectivity index (χ2v) is 8.22. The van der Waals surface area contributed by atoms with Crippen LogP contribution in [0.15, 0.2) is 23.2 Å². The van der Waals surface area contributed by atoms with Crippen LogP contribution in [0.3, 0.4) is 0 Å². The Balaban J connectivity index is 1.70. The molecule has 1 aromatic carbocycles. The fourth-order valence-corrected chi connectivity index (χ4v) is 5.44. The Morgan fingerprint density at radius 3 is 2.59 bits per heavy atom. The van der Waals surface area contributed by atoms with Gasteiger partial charge in [-0.15, -0.1) is 0 Å². The largest absolute Gasteiger partial charge is 0.492 e. The minimum Gasteiger partial charge on any atom is -0.492 e. The third-order valence-electron chi connectivity index (χ3n) is 6.99. The average Bonchev–Trinajstić information content (AvgIpc) is 3.43. The Bertz CT molecular complexity index is 962. The Morgan fingerprint density at radius 1 is 0.966 bits per heavy atom. The van der Waals surface area contributed by atoms with Gasteiger partial charge in [-0.05, 0) is 29.0 Å². The summed E-state index contributed by atoms with van der Waals surface area (Å²) in [6.45, 7) is 4.92. The predicted molar refractivity (Wildman–Crippen MR) is 101 cm³/mol. The van der Waals surface area contributed by atoms with Gasteiger partial charge in [0.2, 0.25) is 12.5 Å². The summed E-state index contributed by atoms with van der Waals surface area (Å²) in [6, 6.07) is 2.04. The van der Waals surface area contributed by atoms with Gasteiger partial charge in [0.25, 0.3) is 0 Å². The van der Waals surface area contributed by atoms with Crippen molar-refractivity contribution in [2.24, 2.45) is 11.8 Å². The van der Waals surface area contributed by atoms with Crippen molar-refractivity contribution < 1.29 is 33.2 Å². The highest BCUT2D eigenvalue weighted by Crippen LogP contribution is 2.60. The van der Waals surface area contributed by atoms with Crippen molar-refractivity contribution in [1.29, 1.82) is 0 Å².